The van der Waals surface area contributed by atoms with Gasteiger partial charge >= 0.3 is 0 Å². The van der Waals surface area contributed by atoms with Crippen molar-refractivity contribution in [1.29, 1.82) is 0 Å². The van der Waals surface area contributed by atoms with Crippen LogP contribution in [0, 0.1) is 0 Å². The van der Waals surface area contributed by atoms with Gasteiger partial charge in [-0.3, -0.25) is 0 Å². The number of rotatable bonds is 1. The van der Waals surface area contributed by atoms with Crippen LogP contribution in [-0.2, 0) is 0 Å². The lowest BCUT2D eigenvalue weighted by molar-refractivity contribution is 0.224. The smallest absolute Gasteiger partial charge is 0.0721 e. The molecule has 0 fully saturated rings. The molecule has 1 heteroatoms. The maximum Gasteiger partial charge on any atom is 0.0721 e. The minimum absolute atomic E-state index is 0.203. The fraction of sp³-hybridized carbons (Fsp3) is 0.750. The largest absolute Gasteiger partial charge is 0.389 e. The first-order valence-electron chi connectivity index (χ1n) is 3.67. The summed E-state index contributed by atoms with van der Waals surface area (Å²) in [5.41, 5.74) is 1.24. The van der Waals surface area contributed by atoms with Crippen molar-refractivity contribution in [3.8, 4) is 0 Å². The summed E-state index contributed by atoms with van der Waals surface area (Å²) >= 11 is 0. The third-order valence-corrected chi connectivity index (χ3v) is 1.86. The number of aliphatic hydroxyl groups excluding tert-OH is 1. The van der Waals surface area contributed by atoms with E-state index >= 15 is 0 Å². The third-order valence-electron chi connectivity index (χ3n) is 1.86. The van der Waals surface area contributed by atoms with Gasteiger partial charge < -0.3 is 5.11 Å². The molecule has 1 nitrogen and oxygen atoms in total. The van der Waals surface area contributed by atoms with E-state index in [-0.39, 0.29) is 6.10 Å². The van der Waals surface area contributed by atoms with E-state index in [4.69, 9.17) is 5.11 Å². The number of hydrogen-bond acceptors (Lipinski definition) is 1. The van der Waals surface area contributed by atoms with E-state index in [0.717, 1.165) is 6.42 Å². The molecule has 1 N–H and O–H groups in total. The van der Waals surface area contributed by atoms with E-state index in [2.05, 4.69) is 6.08 Å². The summed E-state index contributed by atoms with van der Waals surface area (Å²) in [4.78, 5) is 0. The highest BCUT2D eigenvalue weighted by atomic mass is 16.3. The second kappa shape index (κ2) is 3.02. The Labute approximate surface area is 56.4 Å². The van der Waals surface area contributed by atoms with E-state index in [1.165, 1.54) is 24.8 Å². The Morgan fingerprint density at radius 2 is 2.33 bits per heavy atom. The maximum absolute atomic E-state index is 9.11. The highest BCUT2D eigenvalue weighted by Crippen LogP contribution is 2.19. The summed E-state index contributed by atoms with van der Waals surface area (Å²) in [6.45, 7) is 1.84. The van der Waals surface area contributed by atoms with Crippen LogP contribution in [0.2, 0.25) is 0 Å². The predicted octanol–water partition coefficient (Wildman–Crippen LogP) is 1.87. The van der Waals surface area contributed by atoms with Crippen molar-refractivity contribution in [2.24, 2.45) is 0 Å². The van der Waals surface area contributed by atoms with Gasteiger partial charge in [0.05, 0.1) is 6.10 Å². The molecule has 0 aromatic heterocycles. The Kier molecular flexibility index (Phi) is 2.29. The van der Waals surface area contributed by atoms with Crippen molar-refractivity contribution in [3.63, 3.8) is 0 Å². The quantitative estimate of drug-likeness (QED) is 0.532. The standard InChI is InChI=1S/C8H14O/c1-7(9)8-5-3-2-4-6-8/h5,7,9H,2-4,6H2,1H3/t7-/m1/s1. The molecule has 0 amide bonds. The van der Waals surface area contributed by atoms with Crippen molar-refractivity contribution in [2.75, 3.05) is 0 Å². The summed E-state index contributed by atoms with van der Waals surface area (Å²) in [7, 11) is 0. The molecule has 0 spiro atoms. The zero-order valence-corrected chi connectivity index (χ0v) is 5.93. The second-order valence-corrected chi connectivity index (χ2v) is 2.70. The highest BCUT2D eigenvalue weighted by Gasteiger charge is 2.06. The van der Waals surface area contributed by atoms with Gasteiger partial charge in [0.15, 0.2) is 0 Å². The van der Waals surface area contributed by atoms with E-state index in [0.29, 0.717) is 0 Å². The van der Waals surface area contributed by atoms with Crippen LogP contribution in [-0.4, -0.2) is 11.2 Å². The molecule has 9 heavy (non-hydrogen) atoms. The van der Waals surface area contributed by atoms with Gasteiger partial charge in [-0.25, -0.2) is 0 Å². The lowest BCUT2D eigenvalue weighted by Gasteiger charge is -2.14. The van der Waals surface area contributed by atoms with Crippen LogP contribution in [0.25, 0.3) is 0 Å². The lowest BCUT2D eigenvalue weighted by atomic mass is 9.96. The van der Waals surface area contributed by atoms with Crippen LogP contribution in [0.4, 0.5) is 0 Å². The Balaban J connectivity index is 2.46. The summed E-state index contributed by atoms with van der Waals surface area (Å²) < 4.78 is 0. The second-order valence-electron chi connectivity index (χ2n) is 2.70. The molecule has 1 aliphatic carbocycles. The molecule has 1 rings (SSSR count). The highest BCUT2D eigenvalue weighted by molar-refractivity contribution is 5.08. The maximum atomic E-state index is 9.11. The fourth-order valence-electron chi connectivity index (χ4n) is 1.24. The van der Waals surface area contributed by atoms with E-state index in [1.54, 1.807) is 0 Å². The van der Waals surface area contributed by atoms with Crippen LogP contribution in [0.5, 0.6) is 0 Å². The molecule has 0 heterocycles. The Morgan fingerprint density at radius 1 is 1.56 bits per heavy atom. The molecule has 52 valence electrons. The van der Waals surface area contributed by atoms with Crippen molar-refractivity contribution in [2.45, 2.75) is 38.7 Å². The molecule has 0 aromatic rings. The Bertz CT molecular complexity index is 114. The van der Waals surface area contributed by atoms with Crippen LogP contribution in [0.3, 0.4) is 0 Å². The van der Waals surface area contributed by atoms with Gasteiger partial charge in [-0.1, -0.05) is 6.08 Å². The molecule has 0 unspecified atom stereocenters. The Morgan fingerprint density at radius 3 is 2.67 bits per heavy atom. The lowest BCUT2D eigenvalue weighted by Crippen LogP contribution is -2.06. The van der Waals surface area contributed by atoms with E-state index in [9.17, 15) is 0 Å². The molecule has 0 bridgehead atoms. The van der Waals surface area contributed by atoms with Gasteiger partial charge in [-0.15, -0.1) is 0 Å². The molecule has 0 saturated heterocycles. The number of hydrogen-bond donors (Lipinski definition) is 1. The van der Waals surface area contributed by atoms with Crippen LogP contribution < -0.4 is 0 Å². The summed E-state index contributed by atoms with van der Waals surface area (Å²) in [6.07, 6.45) is 6.81. The zero-order valence-electron chi connectivity index (χ0n) is 5.93. The molecule has 0 radical (unpaired) electrons. The molecule has 0 aromatic carbocycles. The van der Waals surface area contributed by atoms with E-state index in [1.807, 2.05) is 6.92 Å². The normalized spacial score (nSPS) is 23.1. The van der Waals surface area contributed by atoms with Crippen LogP contribution >= 0.6 is 0 Å². The van der Waals surface area contributed by atoms with Crippen molar-refractivity contribution < 1.29 is 5.11 Å². The van der Waals surface area contributed by atoms with Crippen LogP contribution in [0.15, 0.2) is 11.6 Å². The molecule has 1 aliphatic rings. The Hall–Kier alpha value is -0.300. The van der Waals surface area contributed by atoms with Crippen molar-refractivity contribution in [3.05, 3.63) is 11.6 Å². The summed E-state index contributed by atoms with van der Waals surface area (Å²) in [6, 6.07) is 0. The average molecular weight is 126 g/mol. The average Bonchev–Trinajstić information content (AvgIpc) is 1.90. The zero-order chi connectivity index (χ0) is 6.69. The van der Waals surface area contributed by atoms with Crippen LogP contribution in [0.1, 0.15) is 32.6 Å². The molecule has 1 atom stereocenters. The van der Waals surface area contributed by atoms with Gasteiger partial charge in [0, 0.05) is 0 Å². The monoisotopic (exact) mass is 126 g/mol. The SMILES string of the molecule is C[C@@H](O)C1=CCCCC1. The summed E-state index contributed by atoms with van der Waals surface area (Å²) in [5.74, 6) is 0. The topological polar surface area (TPSA) is 20.2 Å². The van der Waals surface area contributed by atoms with Gasteiger partial charge in [0.25, 0.3) is 0 Å². The van der Waals surface area contributed by atoms with Gasteiger partial charge in [0.2, 0.25) is 0 Å². The van der Waals surface area contributed by atoms with Gasteiger partial charge in [-0.2, -0.15) is 0 Å². The number of allylic oxidation sites excluding steroid dienone is 1. The third kappa shape index (κ3) is 1.83. The van der Waals surface area contributed by atoms with Gasteiger partial charge in [-0.05, 0) is 38.2 Å². The molecular formula is C8H14O. The summed E-state index contributed by atoms with van der Waals surface area (Å²) in [5, 5.41) is 9.11. The predicted molar refractivity (Wildman–Crippen MR) is 38.2 cm³/mol. The number of aliphatic hydroxyl groups is 1. The van der Waals surface area contributed by atoms with Gasteiger partial charge in [0.1, 0.15) is 0 Å². The first-order valence-corrected chi connectivity index (χ1v) is 3.67. The molecule has 0 saturated carbocycles. The van der Waals surface area contributed by atoms with Crippen molar-refractivity contribution >= 4 is 0 Å². The fourth-order valence-corrected chi connectivity index (χ4v) is 1.24. The molecular weight excluding hydrogens is 112 g/mol. The minimum atomic E-state index is -0.203. The minimum Gasteiger partial charge on any atom is -0.389 e. The molecule has 0 aliphatic heterocycles. The van der Waals surface area contributed by atoms with Crippen molar-refractivity contribution in [1.82, 2.24) is 0 Å². The van der Waals surface area contributed by atoms with E-state index < -0.39 is 0 Å². The first-order chi connectivity index (χ1) is 4.30. The first kappa shape index (κ1) is 6.81.